The van der Waals surface area contributed by atoms with E-state index in [1.54, 1.807) is 11.3 Å². The van der Waals surface area contributed by atoms with E-state index in [2.05, 4.69) is 10.3 Å². The predicted molar refractivity (Wildman–Crippen MR) is 141 cm³/mol. The van der Waals surface area contributed by atoms with Crippen LogP contribution in [-0.2, 0) is 16.0 Å². The highest BCUT2D eigenvalue weighted by Crippen LogP contribution is 2.32. The van der Waals surface area contributed by atoms with Gasteiger partial charge in [0.05, 0.1) is 23.4 Å². The van der Waals surface area contributed by atoms with Crippen LogP contribution in [0.5, 0.6) is 0 Å². The maximum Gasteiger partial charge on any atom is 0.306 e. The number of methoxy groups -OCH3 is 1. The smallest absolute Gasteiger partial charge is 0.306 e. The Bertz CT molecular complexity index is 1290. The van der Waals surface area contributed by atoms with Crippen LogP contribution in [0.2, 0.25) is 0 Å². The number of nitrogens with zero attached hydrogens (tertiary/aromatic N) is 1. The standard InChI is InChI=1S/C29H28N2O3S/c1-29(2,18-27(32)34-3)17-26-30-19-25(35-26)22-13-15-24(16-14-22)31-28(33)23-11-9-21(10-12-23)20-7-5-4-6-8-20/h4-16,19H,17-18H2,1-3H3,(H,31,33). The zero-order valence-electron chi connectivity index (χ0n) is 20.1. The number of anilines is 1. The Hall–Kier alpha value is -3.77. The molecule has 4 aromatic rings. The molecule has 0 saturated carbocycles. The van der Waals surface area contributed by atoms with Crippen LogP contribution in [0.1, 0.15) is 35.6 Å². The van der Waals surface area contributed by atoms with E-state index in [0.29, 0.717) is 18.4 Å². The maximum absolute atomic E-state index is 12.7. The van der Waals surface area contributed by atoms with Crippen LogP contribution in [0.3, 0.4) is 0 Å². The van der Waals surface area contributed by atoms with Gasteiger partial charge in [-0.05, 0) is 46.4 Å². The lowest BCUT2D eigenvalue weighted by Crippen LogP contribution is -2.20. The first-order valence-electron chi connectivity index (χ1n) is 11.4. The number of hydrogen-bond acceptors (Lipinski definition) is 5. The summed E-state index contributed by atoms with van der Waals surface area (Å²) in [6.07, 6.45) is 2.90. The van der Waals surface area contributed by atoms with Crippen molar-refractivity contribution < 1.29 is 14.3 Å². The minimum Gasteiger partial charge on any atom is -0.469 e. The predicted octanol–water partition coefficient (Wildman–Crippen LogP) is 6.86. The average molecular weight is 485 g/mol. The number of hydrogen-bond donors (Lipinski definition) is 1. The van der Waals surface area contributed by atoms with Gasteiger partial charge in [-0.25, -0.2) is 4.98 Å². The quantitative estimate of drug-likeness (QED) is 0.277. The third-order valence-corrected chi connectivity index (χ3v) is 6.76. The van der Waals surface area contributed by atoms with Gasteiger partial charge in [-0.1, -0.05) is 68.4 Å². The third-order valence-electron chi connectivity index (χ3n) is 5.72. The van der Waals surface area contributed by atoms with Crippen molar-refractivity contribution in [3.05, 3.63) is 95.6 Å². The SMILES string of the molecule is COC(=O)CC(C)(C)Cc1ncc(-c2ccc(NC(=O)c3ccc(-c4ccccc4)cc3)cc2)s1. The summed E-state index contributed by atoms with van der Waals surface area (Å²) in [7, 11) is 1.41. The van der Waals surface area contributed by atoms with Gasteiger partial charge in [0, 0.05) is 23.9 Å². The lowest BCUT2D eigenvalue weighted by atomic mass is 9.86. The van der Waals surface area contributed by atoms with E-state index in [0.717, 1.165) is 32.3 Å². The molecule has 1 aromatic heterocycles. The molecule has 0 unspecified atom stereocenters. The van der Waals surface area contributed by atoms with E-state index in [1.165, 1.54) is 7.11 Å². The molecule has 0 saturated heterocycles. The molecule has 5 nitrogen and oxygen atoms in total. The summed E-state index contributed by atoms with van der Waals surface area (Å²) in [5.74, 6) is -0.359. The number of carbonyl (C=O) groups is 2. The van der Waals surface area contributed by atoms with Crippen molar-refractivity contribution >= 4 is 28.9 Å². The summed E-state index contributed by atoms with van der Waals surface area (Å²) in [5, 5.41) is 3.94. The van der Waals surface area contributed by atoms with E-state index < -0.39 is 0 Å². The fraction of sp³-hybridized carbons (Fsp3) is 0.207. The molecule has 4 rings (SSSR count). The van der Waals surface area contributed by atoms with E-state index in [9.17, 15) is 9.59 Å². The summed E-state index contributed by atoms with van der Waals surface area (Å²) in [4.78, 5) is 29.9. The minimum absolute atomic E-state index is 0.148. The summed E-state index contributed by atoms with van der Waals surface area (Å²) in [6.45, 7) is 4.08. The first-order chi connectivity index (χ1) is 16.8. The van der Waals surface area contributed by atoms with Crippen LogP contribution in [0, 0.1) is 5.41 Å². The Morgan fingerprint density at radius 3 is 2.17 bits per heavy atom. The fourth-order valence-corrected chi connectivity index (χ4v) is 5.01. The largest absolute Gasteiger partial charge is 0.469 e. The Kier molecular flexibility index (Phi) is 7.42. The molecule has 1 heterocycles. The normalized spacial score (nSPS) is 11.2. The molecule has 3 aromatic carbocycles. The number of ether oxygens (including phenoxy) is 1. The summed E-state index contributed by atoms with van der Waals surface area (Å²) in [5.41, 5.74) is 4.34. The highest BCUT2D eigenvalue weighted by molar-refractivity contribution is 7.15. The van der Waals surface area contributed by atoms with Gasteiger partial charge in [-0.3, -0.25) is 9.59 Å². The van der Waals surface area contributed by atoms with Crippen molar-refractivity contribution in [2.75, 3.05) is 12.4 Å². The maximum atomic E-state index is 12.7. The number of benzene rings is 3. The van der Waals surface area contributed by atoms with Crippen LogP contribution in [0.25, 0.3) is 21.6 Å². The molecule has 0 bridgehead atoms. The topological polar surface area (TPSA) is 68.3 Å². The van der Waals surface area contributed by atoms with Gasteiger partial charge in [-0.2, -0.15) is 0 Å². The van der Waals surface area contributed by atoms with E-state index in [1.807, 2.05) is 98.9 Å². The van der Waals surface area contributed by atoms with Crippen molar-refractivity contribution in [3.8, 4) is 21.6 Å². The van der Waals surface area contributed by atoms with Gasteiger partial charge in [0.15, 0.2) is 0 Å². The van der Waals surface area contributed by atoms with Crippen molar-refractivity contribution in [1.29, 1.82) is 0 Å². The summed E-state index contributed by atoms with van der Waals surface area (Å²) < 4.78 is 4.80. The molecule has 0 aliphatic carbocycles. The lowest BCUT2D eigenvalue weighted by Gasteiger charge is -2.21. The number of amides is 1. The number of esters is 1. The van der Waals surface area contributed by atoms with Crippen molar-refractivity contribution in [1.82, 2.24) is 4.98 Å². The average Bonchev–Trinajstić information content (AvgIpc) is 3.32. The summed E-state index contributed by atoms with van der Waals surface area (Å²) in [6, 6.07) is 25.4. The molecule has 0 aliphatic heterocycles. The van der Waals surface area contributed by atoms with Gasteiger partial charge >= 0.3 is 5.97 Å². The van der Waals surface area contributed by atoms with Crippen LogP contribution in [0.15, 0.2) is 85.1 Å². The van der Waals surface area contributed by atoms with Crippen LogP contribution < -0.4 is 5.32 Å². The van der Waals surface area contributed by atoms with Gasteiger partial charge < -0.3 is 10.1 Å². The Morgan fingerprint density at radius 1 is 0.886 bits per heavy atom. The van der Waals surface area contributed by atoms with Crippen molar-refractivity contribution in [2.45, 2.75) is 26.7 Å². The number of rotatable bonds is 8. The van der Waals surface area contributed by atoms with Crippen LogP contribution in [0.4, 0.5) is 5.69 Å². The van der Waals surface area contributed by atoms with Gasteiger partial charge in [-0.15, -0.1) is 11.3 Å². The van der Waals surface area contributed by atoms with Crippen molar-refractivity contribution in [2.24, 2.45) is 5.41 Å². The zero-order chi connectivity index (χ0) is 24.8. The Morgan fingerprint density at radius 2 is 1.51 bits per heavy atom. The molecule has 0 fully saturated rings. The van der Waals surface area contributed by atoms with Gasteiger partial charge in [0.1, 0.15) is 0 Å². The Balaban J connectivity index is 1.38. The first kappa shape index (κ1) is 24.4. The van der Waals surface area contributed by atoms with E-state index >= 15 is 0 Å². The lowest BCUT2D eigenvalue weighted by molar-refractivity contribution is -0.142. The van der Waals surface area contributed by atoms with Crippen LogP contribution >= 0.6 is 11.3 Å². The van der Waals surface area contributed by atoms with Gasteiger partial charge in [0.2, 0.25) is 0 Å². The number of carbonyl (C=O) groups excluding carboxylic acids is 2. The second-order valence-electron chi connectivity index (χ2n) is 9.19. The molecule has 0 aliphatic rings. The molecule has 178 valence electrons. The monoisotopic (exact) mass is 484 g/mol. The minimum atomic E-state index is -0.227. The summed E-state index contributed by atoms with van der Waals surface area (Å²) >= 11 is 1.61. The second kappa shape index (κ2) is 10.7. The number of thiazole rings is 1. The number of aromatic nitrogens is 1. The molecular formula is C29H28N2O3S. The molecular weight excluding hydrogens is 456 g/mol. The van der Waals surface area contributed by atoms with Crippen LogP contribution in [-0.4, -0.2) is 24.0 Å². The van der Waals surface area contributed by atoms with E-state index in [-0.39, 0.29) is 17.3 Å². The Labute approximate surface area is 209 Å². The molecule has 0 spiro atoms. The van der Waals surface area contributed by atoms with Crippen molar-refractivity contribution in [3.63, 3.8) is 0 Å². The molecule has 0 radical (unpaired) electrons. The molecule has 35 heavy (non-hydrogen) atoms. The molecule has 6 heteroatoms. The highest BCUT2D eigenvalue weighted by atomic mass is 32.1. The molecule has 1 amide bonds. The third kappa shape index (κ3) is 6.43. The van der Waals surface area contributed by atoms with E-state index in [4.69, 9.17) is 4.74 Å². The zero-order valence-corrected chi connectivity index (χ0v) is 20.9. The number of nitrogens with one attached hydrogen (secondary N) is 1. The first-order valence-corrected chi connectivity index (χ1v) is 12.2. The molecule has 1 N–H and O–H groups in total. The fourth-order valence-electron chi connectivity index (χ4n) is 3.83. The van der Waals surface area contributed by atoms with Gasteiger partial charge in [0.25, 0.3) is 5.91 Å². The molecule has 0 atom stereocenters. The second-order valence-corrected chi connectivity index (χ2v) is 10.3. The highest BCUT2D eigenvalue weighted by Gasteiger charge is 2.24.